The van der Waals surface area contributed by atoms with Gasteiger partial charge in [0.05, 0.1) is 18.8 Å². The summed E-state index contributed by atoms with van der Waals surface area (Å²) >= 11 is 0. The molecule has 4 saturated heterocycles. The van der Waals surface area contributed by atoms with E-state index in [1.54, 1.807) is 0 Å². The molecule has 4 aliphatic carbocycles. The molecular weight excluding hydrogens is 410 g/mol. The van der Waals surface area contributed by atoms with Gasteiger partial charge >= 0.3 is 0 Å². The van der Waals surface area contributed by atoms with Gasteiger partial charge in [0.2, 0.25) is 0 Å². The first-order valence-electron chi connectivity index (χ1n) is 14.4. The minimum absolute atomic E-state index is 0.123. The van der Waals surface area contributed by atoms with Crippen LogP contribution in [0.3, 0.4) is 0 Å². The zero-order valence-corrected chi connectivity index (χ0v) is 21.7. The second-order valence-electron chi connectivity index (χ2n) is 14.6. The minimum Gasteiger partial charge on any atom is -0.392 e. The van der Waals surface area contributed by atoms with E-state index in [1.807, 2.05) is 0 Å². The molecule has 33 heavy (non-hydrogen) atoms. The predicted octanol–water partition coefficient (Wildman–Crippen LogP) is 5.28. The third kappa shape index (κ3) is 2.39. The fourth-order valence-electron chi connectivity index (χ4n) is 11.7. The van der Waals surface area contributed by atoms with Crippen molar-refractivity contribution in [1.82, 2.24) is 5.32 Å². The molecule has 0 aromatic heterocycles. The van der Waals surface area contributed by atoms with Crippen LogP contribution in [-0.2, 0) is 9.47 Å². The Labute approximate surface area is 200 Å². The Hall–Kier alpha value is -0.160. The maximum Gasteiger partial charge on any atom is 0.166 e. The van der Waals surface area contributed by atoms with Crippen molar-refractivity contribution in [3.8, 4) is 0 Å². The second kappa shape index (κ2) is 6.58. The zero-order chi connectivity index (χ0) is 23.0. The molecule has 5 unspecified atom stereocenters. The Kier molecular flexibility index (Phi) is 4.40. The number of fused-ring (bicyclic) bond motifs is 2. The van der Waals surface area contributed by atoms with Crippen molar-refractivity contribution in [1.29, 1.82) is 0 Å². The van der Waals surface area contributed by atoms with Crippen LogP contribution in [0.25, 0.3) is 0 Å². The van der Waals surface area contributed by atoms with Crippen LogP contribution in [0.5, 0.6) is 0 Å². The number of aliphatic hydroxyl groups is 1. The molecule has 2 N–H and O–H groups in total. The van der Waals surface area contributed by atoms with Gasteiger partial charge < -0.3 is 19.9 Å². The van der Waals surface area contributed by atoms with Crippen LogP contribution in [0.2, 0.25) is 0 Å². The molecule has 0 amide bonds. The fraction of sp³-hybridized carbons (Fsp3) is 1.00. The lowest BCUT2D eigenvalue weighted by atomic mass is 9.33. The van der Waals surface area contributed by atoms with Crippen molar-refractivity contribution in [2.75, 3.05) is 6.61 Å². The summed E-state index contributed by atoms with van der Waals surface area (Å²) in [5.74, 6) is 2.58. The van der Waals surface area contributed by atoms with Crippen LogP contribution in [0, 0.1) is 45.3 Å². The van der Waals surface area contributed by atoms with E-state index >= 15 is 0 Å². The standard InChI is InChI=1S/C29H47NO3/c1-17(2)18-8-12-26(4)19-9-14-28-11-6-7-20(28)29(26,23(18)30-24(19)28)15-21(31)25(3)16-32-27(5)13-10-22(25)33-27/h17-24,30-31H,6-16H2,1-5H3/t18-,19-,20-,21?,22?,23+,24?,25?,26+,27?,28-,29+/m1/s1. The van der Waals surface area contributed by atoms with Gasteiger partial charge in [-0.25, -0.2) is 0 Å². The van der Waals surface area contributed by atoms with E-state index in [-0.39, 0.29) is 23.0 Å². The van der Waals surface area contributed by atoms with Gasteiger partial charge in [0, 0.05) is 23.9 Å². The van der Waals surface area contributed by atoms with Crippen LogP contribution in [0.1, 0.15) is 98.8 Å². The first-order valence-corrected chi connectivity index (χ1v) is 14.4. The molecule has 1 spiro atoms. The van der Waals surface area contributed by atoms with Crippen molar-refractivity contribution < 1.29 is 14.6 Å². The molecule has 8 rings (SSSR count). The quantitative estimate of drug-likeness (QED) is 0.603. The predicted molar refractivity (Wildman–Crippen MR) is 129 cm³/mol. The lowest BCUT2D eigenvalue weighted by Gasteiger charge is -2.76. The van der Waals surface area contributed by atoms with Gasteiger partial charge in [0.15, 0.2) is 5.79 Å². The van der Waals surface area contributed by atoms with E-state index in [9.17, 15) is 5.11 Å². The summed E-state index contributed by atoms with van der Waals surface area (Å²) in [5, 5.41) is 16.6. The number of rotatable bonds is 4. The van der Waals surface area contributed by atoms with E-state index in [4.69, 9.17) is 9.47 Å². The van der Waals surface area contributed by atoms with Gasteiger partial charge in [-0.3, -0.25) is 0 Å². The van der Waals surface area contributed by atoms with Crippen molar-refractivity contribution in [3.63, 3.8) is 0 Å². The van der Waals surface area contributed by atoms with E-state index in [0.717, 1.165) is 43.1 Å². The molecule has 0 radical (unpaired) electrons. The molecule has 4 saturated carbocycles. The Morgan fingerprint density at radius 3 is 2.58 bits per heavy atom. The number of hydrogen-bond donors (Lipinski definition) is 2. The van der Waals surface area contributed by atoms with Gasteiger partial charge in [-0.15, -0.1) is 0 Å². The maximum absolute atomic E-state index is 12.2. The molecule has 4 heteroatoms. The van der Waals surface area contributed by atoms with Crippen molar-refractivity contribution >= 4 is 0 Å². The third-order valence-corrected chi connectivity index (χ3v) is 13.4. The Morgan fingerprint density at radius 2 is 1.79 bits per heavy atom. The Morgan fingerprint density at radius 1 is 0.970 bits per heavy atom. The summed E-state index contributed by atoms with van der Waals surface area (Å²) in [7, 11) is 0. The van der Waals surface area contributed by atoms with Crippen LogP contribution in [0.15, 0.2) is 0 Å². The average Bonchev–Trinajstić information content (AvgIpc) is 3.44. The van der Waals surface area contributed by atoms with Gasteiger partial charge in [0.1, 0.15) is 0 Å². The molecule has 4 aliphatic heterocycles. The molecule has 4 nitrogen and oxygen atoms in total. The highest BCUT2D eigenvalue weighted by molar-refractivity contribution is 5.31. The molecule has 186 valence electrons. The molecule has 12 atom stereocenters. The largest absolute Gasteiger partial charge is 0.392 e. The van der Waals surface area contributed by atoms with E-state index in [2.05, 4.69) is 39.9 Å². The fourth-order valence-corrected chi connectivity index (χ4v) is 11.7. The zero-order valence-electron chi connectivity index (χ0n) is 21.7. The van der Waals surface area contributed by atoms with Gasteiger partial charge in [-0.1, -0.05) is 34.1 Å². The summed E-state index contributed by atoms with van der Waals surface area (Å²) in [6.45, 7) is 12.6. The number of nitrogens with one attached hydrogen (secondary N) is 1. The maximum atomic E-state index is 12.2. The van der Waals surface area contributed by atoms with E-state index in [0.29, 0.717) is 29.4 Å². The molecule has 0 aromatic carbocycles. The first-order chi connectivity index (χ1) is 15.6. The van der Waals surface area contributed by atoms with Crippen LogP contribution in [0.4, 0.5) is 0 Å². The molecule has 4 heterocycles. The summed E-state index contributed by atoms with van der Waals surface area (Å²) in [5.41, 5.74) is 0.758. The number of ether oxygens (including phenoxy) is 2. The van der Waals surface area contributed by atoms with Crippen molar-refractivity contribution in [3.05, 3.63) is 0 Å². The van der Waals surface area contributed by atoms with Crippen molar-refractivity contribution in [2.24, 2.45) is 45.3 Å². The Bertz CT molecular complexity index is 847. The van der Waals surface area contributed by atoms with Gasteiger partial charge in [-0.05, 0) is 98.2 Å². The minimum atomic E-state index is -0.424. The number of hydrogen-bond acceptors (Lipinski definition) is 4. The van der Waals surface area contributed by atoms with Crippen LogP contribution >= 0.6 is 0 Å². The number of piperidine rings is 2. The second-order valence-corrected chi connectivity index (χ2v) is 14.6. The van der Waals surface area contributed by atoms with E-state index in [1.165, 1.54) is 44.9 Å². The highest BCUT2D eigenvalue weighted by atomic mass is 16.7. The van der Waals surface area contributed by atoms with Crippen molar-refractivity contribution in [2.45, 2.75) is 129 Å². The monoisotopic (exact) mass is 457 g/mol. The highest BCUT2D eigenvalue weighted by Gasteiger charge is 2.80. The molecule has 0 aromatic rings. The third-order valence-electron chi connectivity index (χ3n) is 13.4. The summed E-state index contributed by atoms with van der Waals surface area (Å²) in [4.78, 5) is 0. The van der Waals surface area contributed by atoms with Crippen LogP contribution in [-0.4, -0.2) is 41.8 Å². The Balaban J connectivity index is 1.33. The molecule has 8 bridgehead atoms. The lowest BCUT2D eigenvalue weighted by Crippen LogP contribution is -2.81. The lowest BCUT2D eigenvalue weighted by molar-refractivity contribution is -0.313. The topological polar surface area (TPSA) is 50.7 Å². The first kappa shape index (κ1) is 22.1. The SMILES string of the molecule is CC(C)[C@H]1CC[C@@]2(C)[C@@H]3CC[C@]45CCC[C@H]4[C@@]2(CC(O)C2(C)COC4(C)CCC2O4)[C@H]1NC35. The van der Waals surface area contributed by atoms with E-state index < -0.39 is 5.79 Å². The summed E-state index contributed by atoms with van der Waals surface area (Å²) in [6, 6.07) is 1.29. The average molecular weight is 458 g/mol. The number of aliphatic hydroxyl groups excluding tert-OH is 1. The van der Waals surface area contributed by atoms with Gasteiger partial charge in [0.25, 0.3) is 0 Å². The summed E-state index contributed by atoms with van der Waals surface area (Å²) < 4.78 is 12.7. The smallest absolute Gasteiger partial charge is 0.166 e. The van der Waals surface area contributed by atoms with Crippen LogP contribution < -0.4 is 5.32 Å². The normalized spacial score (nSPS) is 61.5. The van der Waals surface area contributed by atoms with Gasteiger partial charge in [-0.2, -0.15) is 0 Å². The molecular formula is C29H47NO3. The molecule has 8 aliphatic rings. The highest BCUT2D eigenvalue weighted by Crippen LogP contribution is 2.81. The molecule has 8 fully saturated rings. The summed E-state index contributed by atoms with van der Waals surface area (Å²) in [6.07, 6.45) is 12.4.